The highest BCUT2D eigenvalue weighted by atomic mass is 16.7. The van der Waals surface area contributed by atoms with E-state index in [2.05, 4.69) is 4.98 Å². The van der Waals surface area contributed by atoms with Gasteiger partial charge >= 0.3 is 5.97 Å². The van der Waals surface area contributed by atoms with Gasteiger partial charge in [-0.05, 0) is 38.0 Å². The number of aliphatic hydroxyl groups is 7. The summed E-state index contributed by atoms with van der Waals surface area (Å²) in [6.07, 6.45) is -1.17. The fourth-order valence-corrected chi connectivity index (χ4v) is 9.20. The molecule has 0 radical (unpaired) electrons. The second-order valence-corrected chi connectivity index (χ2v) is 11.9. The lowest BCUT2D eigenvalue weighted by Gasteiger charge is -2.59. The number of carbonyl (C=O) groups excluding carboxylic acids is 1. The Kier molecular flexibility index (Phi) is 4.25. The van der Waals surface area contributed by atoms with Crippen molar-refractivity contribution in [3.63, 3.8) is 0 Å². The molecule has 3 heterocycles. The third-order valence-electron chi connectivity index (χ3n) is 11.1. The number of aromatic nitrogens is 1. The first-order chi connectivity index (χ1) is 16.6. The number of aromatic amines is 1. The molecule has 1 aromatic heterocycles. The number of ether oxygens (including phenoxy) is 2. The summed E-state index contributed by atoms with van der Waals surface area (Å²) >= 11 is 0. The molecule has 8 N–H and O–H groups in total. The summed E-state index contributed by atoms with van der Waals surface area (Å²) < 4.78 is 11.9. The van der Waals surface area contributed by atoms with Crippen LogP contribution in [0.25, 0.3) is 0 Å². The van der Waals surface area contributed by atoms with Crippen LogP contribution in [0, 0.1) is 16.7 Å². The van der Waals surface area contributed by atoms with Crippen molar-refractivity contribution in [2.45, 2.75) is 86.5 Å². The molecule has 1 aromatic rings. The Balaban J connectivity index is 1.70. The lowest BCUT2D eigenvalue weighted by molar-refractivity contribution is -0.380. The number of aliphatic hydroxyl groups excluding tert-OH is 2. The number of H-pyrrole nitrogens is 1. The fraction of sp³-hybridized carbons (Fsp3) is 0.720. The van der Waals surface area contributed by atoms with Gasteiger partial charge in [0.2, 0.25) is 0 Å². The lowest BCUT2D eigenvalue weighted by atomic mass is 9.52. The molecule has 0 unspecified atom stereocenters. The van der Waals surface area contributed by atoms with E-state index in [1.165, 1.54) is 33.0 Å². The number of esters is 1. The van der Waals surface area contributed by atoms with Crippen LogP contribution in [0.4, 0.5) is 0 Å². The van der Waals surface area contributed by atoms with Crippen molar-refractivity contribution in [2.75, 3.05) is 6.61 Å². The van der Waals surface area contributed by atoms with Crippen LogP contribution in [0.5, 0.6) is 0 Å². The molecular formula is C25H33NO10. The van der Waals surface area contributed by atoms with Gasteiger partial charge < -0.3 is 50.2 Å². The summed E-state index contributed by atoms with van der Waals surface area (Å²) in [7, 11) is 0. The van der Waals surface area contributed by atoms with Crippen LogP contribution < -0.4 is 0 Å². The van der Waals surface area contributed by atoms with E-state index >= 15 is 0 Å². The zero-order valence-corrected chi connectivity index (χ0v) is 20.5. The van der Waals surface area contributed by atoms with Crippen LogP contribution in [0.15, 0.2) is 30.0 Å². The Morgan fingerprint density at radius 3 is 2.50 bits per heavy atom. The highest BCUT2D eigenvalue weighted by Crippen LogP contribution is 2.90. The fourth-order valence-electron chi connectivity index (χ4n) is 9.20. The van der Waals surface area contributed by atoms with Crippen molar-refractivity contribution >= 4 is 5.97 Å². The highest BCUT2D eigenvalue weighted by Gasteiger charge is 3.10. The predicted molar refractivity (Wildman–Crippen MR) is 120 cm³/mol. The number of nitrogens with one attached hydrogen (secondary N) is 1. The SMILES string of the molecule is CC1=CC[C@]2(O)[C@]3(C)C[C@]4(O)O[C@@]2([C@H]1O)[C@]1(O)[C@]3(O)[C@H](OC(=O)c2ccc[nH]2)[C@](O)([C@@H](C)CO)[C@]14C. The quantitative estimate of drug-likeness (QED) is 0.179. The summed E-state index contributed by atoms with van der Waals surface area (Å²) in [5, 5.41) is 84.0. The largest absolute Gasteiger partial charge is 0.451 e. The summed E-state index contributed by atoms with van der Waals surface area (Å²) in [5.41, 5.74) is -16.1. The molecule has 7 rings (SSSR count). The van der Waals surface area contributed by atoms with Gasteiger partial charge in [0.25, 0.3) is 0 Å². The van der Waals surface area contributed by atoms with Gasteiger partial charge in [0.05, 0.1) is 5.41 Å². The van der Waals surface area contributed by atoms with Gasteiger partial charge in [-0.1, -0.05) is 19.9 Å². The van der Waals surface area contributed by atoms with E-state index in [0.717, 1.165) is 0 Å². The molecule has 11 nitrogen and oxygen atoms in total. The van der Waals surface area contributed by atoms with Crippen molar-refractivity contribution in [1.82, 2.24) is 4.98 Å². The zero-order valence-electron chi connectivity index (χ0n) is 20.5. The van der Waals surface area contributed by atoms with Gasteiger partial charge in [-0.3, -0.25) is 0 Å². The minimum atomic E-state index is -2.74. The van der Waals surface area contributed by atoms with E-state index < -0.39 is 81.7 Å². The van der Waals surface area contributed by atoms with Gasteiger partial charge in [-0.25, -0.2) is 4.79 Å². The molecule has 198 valence electrons. The van der Waals surface area contributed by atoms with E-state index in [1.54, 1.807) is 19.1 Å². The van der Waals surface area contributed by atoms with E-state index in [-0.39, 0.29) is 12.1 Å². The number of hydrogen-bond acceptors (Lipinski definition) is 10. The van der Waals surface area contributed by atoms with E-state index in [9.17, 15) is 40.5 Å². The summed E-state index contributed by atoms with van der Waals surface area (Å²) in [6, 6.07) is 2.97. The molecular weight excluding hydrogens is 474 g/mol. The topological polar surface area (TPSA) is 193 Å². The minimum absolute atomic E-state index is 0.000602. The maximum absolute atomic E-state index is 13.2. The number of hydrogen-bond donors (Lipinski definition) is 8. The maximum atomic E-state index is 13.2. The van der Waals surface area contributed by atoms with Crippen LogP contribution in [0.2, 0.25) is 0 Å². The molecule has 36 heavy (non-hydrogen) atoms. The van der Waals surface area contributed by atoms with Crippen LogP contribution >= 0.6 is 0 Å². The Morgan fingerprint density at radius 1 is 1.25 bits per heavy atom. The first-order valence-corrected chi connectivity index (χ1v) is 12.2. The standard InChI is InChI=1S/C25H33NO10/c1-12-7-8-20(30)18(3)11-21(31)19(4)22(32,13(2)10-27)17(35-16(29)14-6-5-9-26-14)23(18,33)25(19,34)24(20,36-21)15(12)28/h5-7,9,13,15,17,26-28,30-34H,8,10-11H2,1-4H3/t13-,15-,17+,18-,19+,20-,21-,22+,23-,24+,25+/m0/s1. The maximum Gasteiger partial charge on any atom is 0.355 e. The second-order valence-electron chi connectivity index (χ2n) is 11.9. The molecule has 2 saturated heterocycles. The molecule has 0 aromatic carbocycles. The molecule has 11 atom stereocenters. The molecule has 6 bridgehead atoms. The molecule has 11 heteroatoms. The summed E-state index contributed by atoms with van der Waals surface area (Å²) in [5.74, 6) is -4.52. The van der Waals surface area contributed by atoms with Gasteiger partial charge in [-0.15, -0.1) is 0 Å². The zero-order chi connectivity index (χ0) is 26.5. The van der Waals surface area contributed by atoms with Crippen molar-refractivity contribution in [3.8, 4) is 0 Å². The minimum Gasteiger partial charge on any atom is -0.451 e. The molecule has 1 spiro atoms. The molecule has 6 aliphatic rings. The van der Waals surface area contributed by atoms with Gasteiger partial charge in [0.15, 0.2) is 17.5 Å². The number of carbonyl (C=O) groups is 1. The monoisotopic (exact) mass is 507 g/mol. The number of rotatable bonds is 4. The predicted octanol–water partition coefficient (Wildman–Crippen LogP) is -1.30. The second kappa shape index (κ2) is 6.24. The highest BCUT2D eigenvalue weighted by molar-refractivity contribution is 5.87. The van der Waals surface area contributed by atoms with Crippen molar-refractivity contribution in [3.05, 3.63) is 35.7 Å². The van der Waals surface area contributed by atoms with Crippen LogP contribution in [0.3, 0.4) is 0 Å². The first kappa shape index (κ1) is 24.5. The summed E-state index contributed by atoms with van der Waals surface area (Å²) in [4.78, 5) is 15.9. The Labute approximate surface area is 207 Å². The third kappa shape index (κ3) is 1.76. The Bertz CT molecular complexity index is 1200. The van der Waals surface area contributed by atoms with Crippen molar-refractivity contribution in [1.29, 1.82) is 0 Å². The van der Waals surface area contributed by atoms with Gasteiger partial charge in [0, 0.05) is 30.6 Å². The van der Waals surface area contributed by atoms with Gasteiger partial charge in [0.1, 0.15) is 34.2 Å². The van der Waals surface area contributed by atoms with E-state index in [0.29, 0.717) is 5.57 Å². The molecule has 4 aliphatic carbocycles. The van der Waals surface area contributed by atoms with Crippen LogP contribution in [-0.2, 0) is 9.47 Å². The van der Waals surface area contributed by atoms with E-state index in [1.807, 2.05) is 0 Å². The molecule has 2 aliphatic heterocycles. The molecule has 3 saturated carbocycles. The third-order valence-corrected chi connectivity index (χ3v) is 11.1. The van der Waals surface area contributed by atoms with Crippen molar-refractivity contribution < 1.29 is 50.0 Å². The summed E-state index contributed by atoms with van der Waals surface area (Å²) in [6.45, 7) is 5.04. The van der Waals surface area contributed by atoms with Gasteiger partial charge in [-0.2, -0.15) is 0 Å². The van der Waals surface area contributed by atoms with Crippen LogP contribution in [0.1, 0.15) is 51.0 Å². The van der Waals surface area contributed by atoms with Crippen molar-refractivity contribution in [2.24, 2.45) is 16.7 Å². The smallest absolute Gasteiger partial charge is 0.355 e. The Morgan fingerprint density at radius 2 is 1.92 bits per heavy atom. The Hall–Kier alpha value is -1.83. The normalized spacial score (nSPS) is 57.0. The molecule has 5 fully saturated rings. The average Bonchev–Trinajstić information content (AvgIpc) is 3.45. The van der Waals surface area contributed by atoms with Crippen LogP contribution in [-0.4, -0.2) is 99.3 Å². The molecule has 0 amide bonds. The lowest BCUT2D eigenvalue weighted by Crippen LogP contribution is -2.74. The van der Waals surface area contributed by atoms with E-state index in [4.69, 9.17) is 9.47 Å². The average molecular weight is 508 g/mol. The first-order valence-electron chi connectivity index (χ1n) is 12.2.